The van der Waals surface area contributed by atoms with Crippen LogP contribution in [0.15, 0.2) is 67.0 Å². The molecule has 3 saturated heterocycles. The molecule has 3 aromatic carbocycles. The first-order valence-corrected chi connectivity index (χ1v) is 19.7. The lowest BCUT2D eigenvalue weighted by molar-refractivity contribution is -0.144. The van der Waals surface area contributed by atoms with Crippen molar-refractivity contribution in [3.05, 3.63) is 105 Å². The van der Waals surface area contributed by atoms with Crippen molar-refractivity contribution in [1.82, 2.24) is 20.1 Å². The number of benzene rings is 3. The molecular formula is C44H50ClN5O5. The van der Waals surface area contributed by atoms with Crippen LogP contribution in [0.25, 0.3) is 11.1 Å². The van der Waals surface area contributed by atoms with Crippen molar-refractivity contribution in [3.63, 3.8) is 0 Å². The molecule has 11 heteroatoms. The molecule has 0 radical (unpaired) electrons. The Balaban J connectivity index is 1.05. The number of carboxylic acids is 1. The molecule has 10 nitrogen and oxygen atoms in total. The molecule has 7 rings (SSSR count). The van der Waals surface area contributed by atoms with Crippen molar-refractivity contribution in [2.45, 2.75) is 71.8 Å². The van der Waals surface area contributed by atoms with E-state index in [-0.39, 0.29) is 13.2 Å². The second-order valence-electron chi connectivity index (χ2n) is 15.3. The maximum Gasteiger partial charge on any atom is 0.320 e. The van der Waals surface area contributed by atoms with Gasteiger partial charge in [0.2, 0.25) is 0 Å². The topological polar surface area (TPSA) is 120 Å². The molecule has 55 heavy (non-hydrogen) atoms. The van der Waals surface area contributed by atoms with E-state index in [1.807, 2.05) is 11.0 Å². The molecule has 3 fully saturated rings. The number of hydrogen-bond acceptors (Lipinski definition) is 9. The number of nitriles is 1. The summed E-state index contributed by atoms with van der Waals surface area (Å²) in [6.07, 6.45) is 7.87. The van der Waals surface area contributed by atoms with Crippen molar-refractivity contribution >= 4 is 17.6 Å². The van der Waals surface area contributed by atoms with Crippen LogP contribution < -0.4 is 19.5 Å². The summed E-state index contributed by atoms with van der Waals surface area (Å²) in [7, 11) is 0. The third-order valence-electron chi connectivity index (χ3n) is 11.5. The number of pyridine rings is 1. The van der Waals surface area contributed by atoms with Crippen molar-refractivity contribution in [2.75, 3.05) is 45.9 Å². The first-order chi connectivity index (χ1) is 26.7. The molecular weight excluding hydrogens is 714 g/mol. The summed E-state index contributed by atoms with van der Waals surface area (Å²) in [5.74, 6) is 1.08. The number of carbonyl (C=O) groups is 1. The second-order valence-corrected chi connectivity index (χ2v) is 15.7. The number of aliphatic carboxylic acids is 1. The number of halogens is 1. The first kappa shape index (κ1) is 38.6. The molecule has 0 amide bonds. The number of nitrogens with one attached hydrogen (secondary N) is 1. The molecule has 0 saturated carbocycles. The number of likely N-dealkylation sites (tertiary alicyclic amines) is 2. The zero-order valence-corrected chi connectivity index (χ0v) is 32.5. The van der Waals surface area contributed by atoms with E-state index in [4.69, 9.17) is 25.8 Å². The van der Waals surface area contributed by atoms with Gasteiger partial charge in [0, 0.05) is 67.7 Å². The number of ether oxygens (including phenoxy) is 3. The Hall–Kier alpha value is -4.66. The van der Waals surface area contributed by atoms with Gasteiger partial charge >= 0.3 is 5.97 Å². The van der Waals surface area contributed by atoms with Crippen LogP contribution in [0.4, 0.5) is 0 Å². The lowest BCUT2D eigenvalue weighted by Gasteiger charge is -2.39. The zero-order valence-electron chi connectivity index (χ0n) is 31.8. The summed E-state index contributed by atoms with van der Waals surface area (Å²) < 4.78 is 19.1. The molecule has 1 spiro atoms. The third kappa shape index (κ3) is 9.08. The molecule has 4 heterocycles. The minimum absolute atomic E-state index is 0.166. The highest BCUT2D eigenvalue weighted by molar-refractivity contribution is 6.32. The van der Waals surface area contributed by atoms with Gasteiger partial charge in [-0.05, 0) is 98.6 Å². The molecule has 3 aliphatic rings. The van der Waals surface area contributed by atoms with Crippen molar-refractivity contribution in [3.8, 4) is 34.4 Å². The molecule has 1 aromatic heterocycles. The van der Waals surface area contributed by atoms with Gasteiger partial charge in [-0.2, -0.15) is 5.26 Å². The number of carboxylic acid groups (broad SMARTS) is 1. The van der Waals surface area contributed by atoms with Crippen LogP contribution in [0, 0.1) is 30.6 Å². The Morgan fingerprint density at radius 1 is 0.964 bits per heavy atom. The van der Waals surface area contributed by atoms with Crippen molar-refractivity contribution in [1.29, 1.82) is 5.26 Å². The van der Waals surface area contributed by atoms with Crippen LogP contribution in [-0.2, 0) is 24.6 Å². The number of rotatable bonds is 15. The molecule has 0 unspecified atom stereocenters. The van der Waals surface area contributed by atoms with Gasteiger partial charge in [-0.15, -0.1) is 0 Å². The van der Waals surface area contributed by atoms with Gasteiger partial charge < -0.3 is 29.5 Å². The number of piperidine rings is 1. The van der Waals surface area contributed by atoms with E-state index < -0.39 is 12.0 Å². The summed E-state index contributed by atoms with van der Waals surface area (Å²) in [5.41, 5.74) is 7.95. The van der Waals surface area contributed by atoms with Crippen LogP contribution in [-0.4, -0.2) is 77.8 Å². The standard InChI is InChI=1S/C44H50ClN5O5/c1-30-34(8-5-9-36(30)37-10-6-12-40(31(37)2)53-17-7-14-49-16-13-44(29-49)27-48-28-44)26-55-42-20-41(54-25-33-18-32(21-46)22-47-23-33)35(19-38(42)45)24-50-15-4-3-11-39(50)43(51)52/h5-6,8-10,12,18-20,22-23,39,48H,3-4,7,11,13-17,24-29H2,1-2H3,(H,51,52)/t39-/m0/s1. The van der Waals surface area contributed by atoms with Gasteiger partial charge in [0.15, 0.2) is 0 Å². The predicted octanol–water partition coefficient (Wildman–Crippen LogP) is 7.55. The minimum Gasteiger partial charge on any atom is -0.493 e. The minimum atomic E-state index is -0.827. The van der Waals surface area contributed by atoms with E-state index in [2.05, 4.69) is 71.5 Å². The molecule has 0 bridgehead atoms. The summed E-state index contributed by atoms with van der Waals surface area (Å²) in [4.78, 5) is 20.8. The SMILES string of the molecule is Cc1c(COc2cc(OCc3cncc(C#N)c3)c(CN3CCCC[C@H]3C(=O)O)cc2Cl)cccc1-c1cccc(OCCCN2CCC3(CNC3)C2)c1C. The highest BCUT2D eigenvalue weighted by atomic mass is 35.5. The normalized spacial score (nSPS) is 18.1. The average Bonchev–Trinajstić information content (AvgIpc) is 3.63. The van der Waals surface area contributed by atoms with Crippen LogP contribution >= 0.6 is 11.6 Å². The van der Waals surface area contributed by atoms with E-state index in [9.17, 15) is 15.2 Å². The van der Waals surface area contributed by atoms with E-state index in [1.165, 1.54) is 25.7 Å². The van der Waals surface area contributed by atoms with Crippen molar-refractivity contribution < 1.29 is 24.1 Å². The number of hydrogen-bond donors (Lipinski definition) is 2. The quantitative estimate of drug-likeness (QED) is 0.118. The fraction of sp³-hybridized carbons (Fsp3) is 0.432. The molecule has 2 N–H and O–H groups in total. The highest BCUT2D eigenvalue weighted by Gasteiger charge is 2.42. The smallest absolute Gasteiger partial charge is 0.320 e. The number of aromatic nitrogens is 1. The van der Waals surface area contributed by atoms with Gasteiger partial charge in [-0.1, -0.05) is 48.4 Å². The fourth-order valence-corrected chi connectivity index (χ4v) is 8.46. The summed E-state index contributed by atoms with van der Waals surface area (Å²) in [6, 6.07) is 19.4. The molecule has 0 aliphatic carbocycles. The molecule has 1 atom stereocenters. The van der Waals surface area contributed by atoms with Gasteiger partial charge in [-0.3, -0.25) is 14.7 Å². The lowest BCUT2D eigenvalue weighted by Crippen LogP contribution is -2.54. The third-order valence-corrected chi connectivity index (χ3v) is 11.8. The van der Waals surface area contributed by atoms with Crippen molar-refractivity contribution in [2.24, 2.45) is 5.41 Å². The summed E-state index contributed by atoms with van der Waals surface area (Å²) >= 11 is 6.88. The predicted molar refractivity (Wildman–Crippen MR) is 213 cm³/mol. The number of nitrogens with zero attached hydrogens (tertiary/aromatic N) is 4. The Morgan fingerprint density at radius 2 is 1.76 bits per heavy atom. The Kier molecular flexibility index (Phi) is 12.2. The van der Waals surface area contributed by atoms with E-state index in [1.54, 1.807) is 18.3 Å². The maximum atomic E-state index is 12.1. The second kappa shape index (κ2) is 17.4. The van der Waals surface area contributed by atoms with Gasteiger partial charge in [-0.25, -0.2) is 0 Å². The van der Waals surface area contributed by atoms with Gasteiger partial charge in [0.25, 0.3) is 0 Å². The van der Waals surface area contributed by atoms with E-state index >= 15 is 0 Å². The highest BCUT2D eigenvalue weighted by Crippen LogP contribution is 2.38. The molecule has 288 valence electrons. The zero-order chi connectivity index (χ0) is 38.4. The molecule has 4 aromatic rings. The average molecular weight is 764 g/mol. The monoisotopic (exact) mass is 763 g/mol. The van der Waals surface area contributed by atoms with Crippen LogP contribution in [0.1, 0.15) is 65.5 Å². The van der Waals surface area contributed by atoms with E-state index in [0.717, 1.165) is 83.6 Å². The lowest BCUT2D eigenvalue weighted by atomic mass is 9.81. The largest absolute Gasteiger partial charge is 0.493 e. The first-order valence-electron chi connectivity index (χ1n) is 19.4. The van der Waals surface area contributed by atoms with Crippen LogP contribution in [0.3, 0.4) is 0 Å². The van der Waals surface area contributed by atoms with Crippen LogP contribution in [0.2, 0.25) is 5.02 Å². The Bertz CT molecular complexity index is 2050. The van der Waals surface area contributed by atoms with E-state index in [0.29, 0.717) is 53.6 Å². The Labute approximate surface area is 329 Å². The maximum absolute atomic E-state index is 12.1. The Morgan fingerprint density at radius 3 is 2.53 bits per heavy atom. The fourth-order valence-electron chi connectivity index (χ4n) is 8.22. The van der Waals surface area contributed by atoms with Gasteiger partial charge in [0.1, 0.15) is 42.6 Å². The summed E-state index contributed by atoms with van der Waals surface area (Å²) in [5, 5.41) is 23.1. The summed E-state index contributed by atoms with van der Waals surface area (Å²) in [6.45, 7) is 12.2. The van der Waals surface area contributed by atoms with Crippen LogP contribution in [0.5, 0.6) is 17.2 Å². The molecule has 3 aliphatic heterocycles. The van der Waals surface area contributed by atoms with Gasteiger partial charge in [0.05, 0.1) is 17.2 Å².